The number of pyridine rings is 2. The number of cyclic esters (lactones) is 1. The number of aromatic nitrogens is 2. The minimum absolute atomic E-state index is 0.0354. The van der Waals surface area contributed by atoms with Crippen LogP contribution in [0.5, 0.6) is 11.5 Å². The number of hydrogen-bond donors (Lipinski definition) is 5. The van der Waals surface area contributed by atoms with Crippen molar-refractivity contribution in [2.75, 3.05) is 0 Å². The van der Waals surface area contributed by atoms with Gasteiger partial charge in [-0.05, 0) is 61.1 Å². The molecule has 5 N–H and O–H groups in total. The van der Waals surface area contributed by atoms with Crippen LogP contribution in [-0.2, 0) is 57.3 Å². The van der Waals surface area contributed by atoms with Gasteiger partial charge in [-0.2, -0.15) is 0 Å². The van der Waals surface area contributed by atoms with Gasteiger partial charge in [0.1, 0.15) is 37.3 Å². The average Bonchev–Trinajstić information content (AvgIpc) is 3.52. The van der Waals surface area contributed by atoms with E-state index in [1.165, 1.54) is 18.2 Å². The first-order chi connectivity index (χ1) is 25.3. The highest BCUT2D eigenvalue weighted by molar-refractivity contribution is 5.93. The lowest BCUT2D eigenvalue weighted by molar-refractivity contribution is -0.387. The van der Waals surface area contributed by atoms with Crippen LogP contribution in [0.1, 0.15) is 53.1 Å². The largest absolute Gasteiger partial charge is 0.489 e. The molecule has 3 unspecified atom stereocenters. The Morgan fingerprint density at radius 3 is 2.53 bits per heavy atom. The number of ether oxygens (including phenoxy) is 4. The van der Waals surface area contributed by atoms with Gasteiger partial charge in [0.25, 0.3) is 5.56 Å². The van der Waals surface area contributed by atoms with Crippen molar-refractivity contribution in [3.8, 4) is 22.9 Å². The highest BCUT2D eigenvalue weighted by Crippen LogP contribution is 2.44. The third kappa shape index (κ3) is 5.34. The highest BCUT2D eigenvalue weighted by Gasteiger charge is 2.49. The van der Waals surface area contributed by atoms with Crippen LogP contribution >= 0.6 is 0 Å². The van der Waals surface area contributed by atoms with Crippen molar-refractivity contribution >= 4 is 28.5 Å². The van der Waals surface area contributed by atoms with Crippen molar-refractivity contribution < 1.29 is 59.0 Å². The number of rotatable bonds is 8. The minimum atomic E-state index is -1.96. The van der Waals surface area contributed by atoms with Crippen LogP contribution in [0.25, 0.3) is 22.3 Å². The summed E-state index contributed by atoms with van der Waals surface area (Å²) >= 11 is 0. The number of fused-ring (bicyclic) bond motifs is 5. The Balaban J connectivity index is 1.08. The molecule has 17 heteroatoms. The molecule has 1 saturated heterocycles. The molecule has 2 aromatic heterocycles. The van der Waals surface area contributed by atoms with Gasteiger partial charge in [-0.15, -0.1) is 0 Å². The number of nitro benzene ring substituents is 1. The van der Waals surface area contributed by atoms with Crippen LogP contribution in [-0.4, -0.2) is 82.7 Å². The fourth-order valence-electron chi connectivity index (χ4n) is 7.75. The molecule has 1 aliphatic carbocycles. The number of nitro groups is 1. The second-order valence-corrected chi connectivity index (χ2v) is 13.5. The number of carbonyl (C=O) groups excluding carboxylic acids is 1. The Hall–Kier alpha value is -5.46. The van der Waals surface area contributed by atoms with E-state index in [2.05, 4.69) is 0 Å². The molecule has 276 valence electrons. The predicted molar refractivity (Wildman–Crippen MR) is 179 cm³/mol. The third-order valence-electron chi connectivity index (χ3n) is 10.6. The number of carboxylic acids is 1. The van der Waals surface area contributed by atoms with E-state index in [0.717, 1.165) is 34.9 Å². The second kappa shape index (κ2) is 12.6. The molecular formula is C36H33N3O14. The van der Waals surface area contributed by atoms with Crippen LogP contribution in [0, 0.1) is 10.1 Å². The SMILES string of the molecule is CCC1(O)C(=O)OCc2c1cc1n(c2=O)Cc2c-1nc1ccc(OCc3ccc(O[C@@H]4OC(C(=O)O)[C@@H](O)C(O)[C@@H]4O)c([N+](=O)[O-])c3)c3c1c2CCC3. The number of aliphatic carboxylic acids is 1. The monoisotopic (exact) mass is 731 g/mol. The van der Waals surface area contributed by atoms with Crippen molar-refractivity contribution in [1.82, 2.24) is 9.55 Å². The summed E-state index contributed by atoms with van der Waals surface area (Å²) < 4.78 is 23.6. The van der Waals surface area contributed by atoms with Gasteiger partial charge in [-0.3, -0.25) is 14.9 Å². The second-order valence-electron chi connectivity index (χ2n) is 13.5. The highest BCUT2D eigenvalue weighted by atomic mass is 16.7. The number of hydrogen-bond acceptors (Lipinski definition) is 14. The zero-order valence-electron chi connectivity index (χ0n) is 28.1. The Bertz CT molecular complexity index is 2310. The van der Waals surface area contributed by atoms with E-state index in [0.29, 0.717) is 34.6 Å². The van der Waals surface area contributed by atoms with Gasteiger partial charge in [0.2, 0.25) is 6.29 Å². The molecule has 3 aliphatic heterocycles. The Labute approximate surface area is 298 Å². The summed E-state index contributed by atoms with van der Waals surface area (Å²) in [5, 5.41) is 63.8. The van der Waals surface area contributed by atoms with Gasteiger partial charge in [0.05, 0.1) is 33.9 Å². The van der Waals surface area contributed by atoms with E-state index in [1.54, 1.807) is 29.7 Å². The molecule has 0 amide bonds. The lowest BCUT2D eigenvalue weighted by Gasteiger charge is -2.38. The number of aryl methyl sites for hydroxylation is 2. The fraction of sp³-hybridized carbons (Fsp3) is 0.389. The number of carboxylic acid groups (broad SMARTS) is 1. The van der Waals surface area contributed by atoms with Gasteiger partial charge in [-0.1, -0.05) is 13.0 Å². The van der Waals surface area contributed by atoms with Gasteiger partial charge in [0, 0.05) is 28.1 Å². The molecule has 0 saturated carbocycles. The number of benzene rings is 2. The van der Waals surface area contributed by atoms with E-state index >= 15 is 0 Å². The molecule has 4 aliphatic rings. The van der Waals surface area contributed by atoms with Crippen LogP contribution in [0.4, 0.5) is 5.69 Å². The predicted octanol–water partition coefficient (Wildman–Crippen LogP) is 1.33. The molecule has 17 nitrogen and oxygen atoms in total. The maximum Gasteiger partial charge on any atom is 0.343 e. The van der Waals surface area contributed by atoms with Gasteiger partial charge >= 0.3 is 17.6 Å². The van der Waals surface area contributed by atoms with Crippen molar-refractivity contribution in [1.29, 1.82) is 0 Å². The van der Waals surface area contributed by atoms with Gasteiger partial charge in [-0.25, -0.2) is 14.6 Å². The van der Waals surface area contributed by atoms with E-state index in [-0.39, 0.29) is 48.6 Å². The summed E-state index contributed by atoms with van der Waals surface area (Å²) in [5.41, 5.74) is 2.63. The normalized spacial score (nSPS) is 25.6. The van der Waals surface area contributed by atoms with E-state index in [9.17, 15) is 50.0 Å². The molecule has 4 aromatic rings. The first-order valence-electron chi connectivity index (χ1n) is 17.0. The van der Waals surface area contributed by atoms with Crippen molar-refractivity contribution in [2.24, 2.45) is 0 Å². The molecule has 1 fully saturated rings. The standard InChI is InChI=1S/C36H33N3O14/c1-2-36(47)20-11-23-27-18(12-38(23)32(43)19(20)14-51-35(36)46)16-4-3-5-17-24(9-7-21(37-27)26(16)17)50-13-15-6-8-25(22(10-15)39(48)49)52-34-30(42)28(40)29(41)31(53-34)33(44)45/h6-11,28-31,34,40-42,47H,2-5,12-14H2,1H3,(H,44,45)/t28?,29-,30-,31?,34+,36?/m0/s1. The topological polar surface area (TPSA) is 250 Å². The summed E-state index contributed by atoms with van der Waals surface area (Å²) in [6.07, 6.45) is -7.39. The number of aliphatic hydroxyl groups is 4. The molecule has 0 radical (unpaired) electrons. The third-order valence-corrected chi connectivity index (χ3v) is 10.6. The average molecular weight is 732 g/mol. The first-order valence-corrected chi connectivity index (χ1v) is 17.0. The summed E-state index contributed by atoms with van der Waals surface area (Å²) in [4.78, 5) is 54.0. The van der Waals surface area contributed by atoms with Crippen LogP contribution in [0.2, 0.25) is 0 Å². The minimum Gasteiger partial charge on any atom is -0.489 e. The molecular weight excluding hydrogens is 698 g/mol. The molecule has 2 aromatic carbocycles. The number of nitrogens with zero attached hydrogens (tertiary/aromatic N) is 3. The Morgan fingerprint density at radius 2 is 1.79 bits per heavy atom. The number of aliphatic hydroxyl groups excluding tert-OH is 3. The quantitative estimate of drug-likeness (QED) is 0.0858. The van der Waals surface area contributed by atoms with E-state index in [1.807, 2.05) is 0 Å². The molecule has 0 spiro atoms. The zero-order chi connectivity index (χ0) is 37.5. The fourth-order valence-corrected chi connectivity index (χ4v) is 7.75. The van der Waals surface area contributed by atoms with Crippen LogP contribution < -0.4 is 15.0 Å². The maximum absolute atomic E-state index is 13.7. The summed E-state index contributed by atoms with van der Waals surface area (Å²) in [6.45, 7) is 1.60. The first kappa shape index (κ1) is 34.6. The number of esters is 1. The van der Waals surface area contributed by atoms with Crippen molar-refractivity contribution in [3.05, 3.63) is 90.2 Å². The van der Waals surface area contributed by atoms with E-state index < -0.39 is 58.9 Å². The van der Waals surface area contributed by atoms with Crippen molar-refractivity contribution in [2.45, 2.75) is 88.7 Å². The summed E-state index contributed by atoms with van der Waals surface area (Å²) in [6, 6.07) is 9.16. The van der Waals surface area contributed by atoms with Crippen LogP contribution in [0.3, 0.4) is 0 Å². The lowest BCUT2D eigenvalue weighted by Crippen LogP contribution is -2.61. The maximum atomic E-state index is 13.7. The van der Waals surface area contributed by atoms with E-state index in [4.69, 9.17) is 23.9 Å². The van der Waals surface area contributed by atoms with Crippen LogP contribution in [0.15, 0.2) is 41.2 Å². The summed E-state index contributed by atoms with van der Waals surface area (Å²) in [7, 11) is 0. The molecule has 5 heterocycles. The molecule has 8 rings (SSSR count). The molecule has 53 heavy (non-hydrogen) atoms. The van der Waals surface area contributed by atoms with Gasteiger partial charge < -0.3 is 49.0 Å². The smallest absolute Gasteiger partial charge is 0.343 e. The summed E-state index contributed by atoms with van der Waals surface area (Å²) in [5.74, 6) is -2.25. The Kier molecular flexibility index (Phi) is 8.23. The zero-order valence-corrected chi connectivity index (χ0v) is 28.1. The van der Waals surface area contributed by atoms with Gasteiger partial charge in [0.15, 0.2) is 17.5 Å². The lowest BCUT2D eigenvalue weighted by atomic mass is 9.85. The number of carbonyl (C=O) groups is 2. The Morgan fingerprint density at radius 1 is 1.04 bits per heavy atom. The molecule has 0 bridgehead atoms. The van der Waals surface area contributed by atoms with Crippen molar-refractivity contribution in [3.63, 3.8) is 0 Å². The molecule has 6 atom stereocenters.